The molecule has 14 heteroatoms. The molecule has 2 saturated heterocycles. The molecule has 1 N–H and O–H groups in total. The second kappa shape index (κ2) is 20.4. The first-order valence-corrected chi connectivity index (χ1v) is 14.1. The molecule has 2 heterocycles. The Balaban J connectivity index is 0.000000441. The molecule has 0 aromatic heterocycles. The van der Waals surface area contributed by atoms with E-state index in [1.807, 2.05) is 36.4 Å². The molecule has 2 aromatic rings. The van der Waals surface area contributed by atoms with Crippen molar-refractivity contribution < 1.29 is 104 Å². The summed E-state index contributed by atoms with van der Waals surface area (Å²) < 4.78 is 43.2. The van der Waals surface area contributed by atoms with E-state index in [1.54, 1.807) is 24.3 Å². The predicted octanol–water partition coefficient (Wildman–Crippen LogP) is 1.41. The Morgan fingerprint density at radius 2 is 1.31 bits per heavy atom. The number of ketones is 2. The van der Waals surface area contributed by atoms with Gasteiger partial charge in [0.2, 0.25) is 0 Å². The van der Waals surface area contributed by atoms with Crippen molar-refractivity contribution in [2.75, 3.05) is 32.8 Å². The number of benzene rings is 2. The zero-order valence-corrected chi connectivity index (χ0v) is 28.6. The van der Waals surface area contributed by atoms with Gasteiger partial charge in [-0.05, 0) is 30.9 Å². The van der Waals surface area contributed by atoms with Gasteiger partial charge in [-0.25, -0.2) is 23.2 Å². The fourth-order valence-corrected chi connectivity index (χ4v) is 4.41. The van der Waals surface area contributed by atoms with Crippen LogP contribution >= 0.6 is 0 Å². The van der Waals surface area contributed by atoms with Gasteiger partial charge in [0.15, 0.2) is 17.7 Å². The maximum absolute atomic E-state index is 14.9. The number of likely N-dealkylation sites (tertiary alicyclic amines) is 2. The summed E-state index contributed by atoms with van der Waals surface area (Å²) in [6, 6.07) is 18.3. The largest absolute Gasteiger partial charge is 1.00 e. The van der Waals surface area contributed by atoms with Crippen LogP contribution in [0.15, 0.2) is 60.7 Å². The van der Waals surface area contributed by atoms with Gasteiger partial charge in [0, 0.05) is 25.9 Å². The van der Waals surface area contributed by atoms with Crippen molar-refractivity contribution in [2.45, 2.75) is 57.7 Å². The van der Waals surface area contributed by atoms with E-state index < -0.39 is 48.1 Å². The quantitative estimate of drug-likeness (QED) is 0.194. The molecule has 2 aromatic carbocycles. The van der Waals surface area contributed by atoms with Crippen LogP contribution in [0.1, 0.15) is 43.7 Å². The fraction of sp³-hybridized carbons (Fsp3) is 0.452. The fourth-order valence-electron chi connectivity index (χ4n) is 4.41. The second-order valence-corrected chi connectivity index (χ2v) is 10.0. The number of carbonyl (C=O) groups excluding carboxylic acids is 5. The monoisotopic (exact) mass is 658 g/mol. The van der Waals surface area contributed by atoms with Crippen LogP contribution < -0.4 is 51.4 Å². The molecular formula is C31H37F2KN2O9. The van der Waals surface area contributed by atoms with Crippen molar-refractivity contribution in [3.8, 4) is 0 Å². The van der Waals surface area contributed by atoms with Gasteiger partial charge in [0.05, 0.1) is 19.7 Å². The van der Waals surface area contributed by atoms with E-state index in [-0.39, 0.29) is 109 Å². The molecule has 0 bridgehead atoms. The Labute approximate surface area is 303 Å². The van der Waals surface area contributed by atoms with Crippen LogP contribution in [0.3, 0.4) is 0 Å². The van der Waals surface area contributed by atoms with E-state index in [4.69, 9.17) is 9.47 Å². The van der Waals surface area contributed by atoms with E-state index >= 15 is 0 Å². The van der Waals surface area contributed by atoms with E-state index in [0.717, 1.165) is 16.0 Å². The molecule has 4 rings (SSSR count). The maximum atomic E-state index is 14.9. The van der Waals surface area contributed by atoms with Crippen molar-refractivity contribution in [3.63, 3.8) is 0 Å². The first-order chi connectivity index (χ1) is 20.6. The van der Waals surface area contributed by atoms with Crippen LogP contribution in [0, 0.1) is 0 Å². The van der Waals surface area contributed by atoms with Crippen LogP contribution in [0.25, 0.3) is 0 Å². The number of carbonyl (C=O) groups is 5. The topological polar surface area (TPSA) is 150 Å². The summed E-state index contributed by atoms with van der Waals surface area (Å²) in [4.78, 5) is 61.3. The summed E-state index contributed by atoms with van der Waals surface area (Å²) in [6.07, 6.45) is -2.11. The summed E-state index contributed by atoms with van der Waals surface area (Å²) in [7, 11) is 0. The van der Waals surface area contributed by atoms with Crippen molar-refractivity contribution >= 4 is 29.7 Å². The molecule has 0 spiro atoms. The van der Waals surface area contributed by atoms with Gasteiger partial charge in [0.1, 0.15) is 13.2 Å². The number of nitrogens with zero attached hydrogens (tertiary/aromatic N) is 2. The summed E-state index contributed by atoms with van der Waals surface area (Å²) >= 11 is 0. The van der Waals surface area contributed by atoms with Gasteiger partial charge in [-0.1, -0.05) is 60.7 Å². The first kappa shape index (κ1) is 40.3. The van der Waals surface area contributed by atoms with Crippen LogP contribution in [0.4, 0.5) is 18.4 Å². The minimum absolute atomic E-state index is 0. The molecule has 2 amide bonds. The molecule has 2 aliphatic rings. The molecule has 2 unspecified atom stereocenters. The third-order valence-electron chi connectivity index (χ3n) is 6.79. The summed E-state index contributed by atoms with van der Waals surface area (Å²) in [5.74, 6) is -2.55. The van der Waals surface area contributed by atoms with Crippen molar-refractivity contribution in [3.05, 3.63) is 71.8 Å². The van der Waals surface area contributed by atoms with Gasteiger partial charge >= 0.3 is 69.5 Å². The first-order valence-electron chi connectivity index (χ1n) is 14.1. The smallest absolute Gasteiger partial charge is 0.870 e. The van der Waals surface area contributed by atoms with E-state index in [2.05, 4.69) is 4.74 Å². The Hall–Kier alpha value is -2.75. The number of ether oxygens (including phenoxy) is 3. The molecule has 240 valence electrons. The minimum atomic E-state index is -2.84. The van der Waals surface area contributed by atoms with E-state index in [0.29, 0.717) is 13.0 Å². The summed E-state index contributed by atoms with van der Waals surface area (Å²) in [6.45, 7) is 1.28. The average Bonchev–Trinajstić information content (AvgIpc) is 3.29. The molecule has 45 heavy (non-hydrogen) atoms. The Bertz CT molecular complexity index is 1260. The zero-order chi connectivity index (χ0) is 31.2. The van der Waals surface area contributed by atoms with Crippen molar-refractivity contribution in [2.24, 2.45) is 0 Å². The third-order valence-corrected chi connectivity index (χ3v) is 6.79. The standard InChI is InChI=1S/C17H20FNO5.C14H16FNO3.K.H2O/c1-2-23-15(21)17(18)12-19(10-6-9-14(17)20)16(22)24-11-13-7-4-3-5-8-13;15-12-9-16(8-4-7-13(12)17)14(18)19-10-11-5-2-1-3-6-11;;/h3-5,7-8H,2,6,9-12H2,1H3;1-3,5-6,12H,4,7-10H2;;1H2/q;;+1;/p-1. The SMILES string of the molecule is CCOC(=O)C1(F)CN(C(=O)OCc2ccccc2)CCCC1=O.O=C1CCCN(C(=O)OCc2ccccc2)CC1F.[K+].[OH-]. The van der Waals surface area contributed by atoms with Gasteiger partial charge in [-0.2, -0.15) is 0 Å². The molecule has 2 atom stereocenters. The Morgan fingerprint density at radius 1 is 0.822 bits per heavy atom. The van der Waals surface area contributed by atoms with Gasteiger partial charge in [-0.15, -0.1) is 0 Å². The van der Waals surface area contributed by atoms with Crippen molar-refractivity contribution in [1.82, 2.24) is 9.80 Å². The molecule has 0 aliphatic carbocycles. The van der Waals surface area contributed by atoms with Crippen LogP contribution in [0.2, 0.25) is 0 Å². The van der Waals surface area contributed by atoms with Gasteiger partial charge in [-0.3, -0.25) is 9.59 Å². The van der Waals surface area contributed by atoms with Crippen LogP contribution in [-0.4, -0.2) is 89.6 Å². The number of esters is 1. The van der Waals surface area contributed by atoms with Crippen molar-refractivity contribution in [1.29, 1.82) is 0 Å². The number of hydrogen-bond donors (Lipinski definition) is 0. The molecule has 11 nitrogen and oxygen atoms in total. The average molecular weight is 659 g/mol. The number of amides is 2. The zero-order valence-electron chi connectivity index (χ0n) is 25.5. The maximum Gasteiger partial charge on any atom is 1.00 e. The van der Waals surface area contributed by atoms with Gasteiger partial charge < -0.3 is 29.5 Å². The number of alkyl halides is 2. The minimum Gasteiger partial charge on any atom is -0.870 e. The normalized spacial score (nSPS) is 19.7. The van der Waals surface area contributed by atoms with Gasteiger partial charge in [0.25, 0.3) is 5.67 Å². The summed E-state index contributed by atoms with van der Waals surface area (Å²) in [5.41, 5.74) is -1.18. The molecular weight excluding hydrogens is 621 g/mol. The number of Topliss-reactive ketones (excluding diaryl/α,β-unsaturated/α-hetero) is 2. The summed E-state index contributed by atoms with van der Waals surface area (Å²) in [5, 5.41) is 0. The Kier molecular flexibility index (Phi) is 18.2. The number of rotatable bonds is 6. The predicted molar refractivity (Wildman–Crippen MR) is 152 cm³/mol. The van der Waals surface area contributed by atoms with E-state index in [9.17, 15) is 32.8 Å². The molecule has 2 fully saturated rings. The molecule has 0 saturated carbocycles. The molecule has 0 radical (unpaired) electrons. The van der Waals surface area contributed by atoms with Crippen LogP contribution in [-0.2, 0) is 41.8 Å². The van der Waals surface area contributed by atoms with Crippen LogP contribution in [0.5, 0.6) is 0 Å². The second-order valence-electron chi connectivity index (χ2n) is 10.0. The number of hydrogen-bond acceptors (Lipinski definition) is 9. The van der Waals surface area contributed by atoms with E-state index in [1.165, 1.54) is 11.8 Å². The Morgan fingerprint density at radius 3 is 1.84 bits per heavy atom. The third kappa shape index (κ3) is 12.5. The molecule has 2 aliphatic heterocycles. The number of halogens is 2.